The third-order valence-corrected chi connectivity index (χ3v) is 5.86. The summed E-state index contributed by atoms with van der Waals surface area (Å²) in [6.45, 7) is 5.75. The second kappa shape index (κ2) is 7.90. The highest BCUT2D eigenvalue weighted by Gasteiger charge is 2.39. The molecule has 4 unspecified atom stereocenters. The normalized spacial score (nSPS) is 33.9. The highest BCUT2D eigenvalue weighted by Crippen LogP contribution is 2.36. The van der Waals surface area contributed by atoms with Gasteiger partial charge in [-0.3, -0.25) is 9.11 Å². The van der Waals surface area contributed by atoms with Gasteiger partial charge in [0, 0.05) is 47.0 Å². The van der Waals surface area contributed by atoms with Crippen LogP contribution in [-0.2, 0) is 10.8 Å². The number of hydrogen-bond donors (Lipinski definition) is 1. The van der Waals surface area contributed by atoms with E-state index in [2.05, 4.69) is 24.1 Å². The second-order valence-electron chi connectivity index (χ2n) is 6.72. The summed E-state index contributed by atoms with van der Waals surface area (Å²) in [5, 5.41) is 3.73. The molecule has 20 heavy (non-hydrogen) atoms. The zero-order valence-corrected chi connectivity index (χ0v) is 14.3. The molecule has 4 heteroatoms. The first-order valence-corrected chi connectivity index (χ1v) is 10.1. The highest BCUT2D eigenvalue weighted by atomic mass is 32.2. The molecular weight excluding hydrogens is 268 g/mol. The molecule has 118 valence electrons. The molecule has 0 saturated carbocycles. The molecule has 1 N–H and O–H groups in total. The van der Waals surface area contributed by atoms with E-state index >= 15 is 0 Å². The SMILES string of the molecule is CCCNC1CC2CCCC(C1)N2C(C)CCS(C)=O. The van der Waals surface area contributed by atoms with E-state index in [-0.39, 0.29) is 0 Å². The van der Waals surface area contributed by atoms with Gasteiger partial charge in [0.15, 0.2) is 0 Å². The second-order valence-corrected chi connectivity index (χ2v) is 8.28. The van der Waals surface area contributed by atoms with Gasteiger partial charge in [0.25, 0.3) is 0 Å². The van der Waals surface area contributed by atoms with E-state index in [9.17, 15) is 4.21 Å². The summed E-state index contributed by atoms with van der Waals surface area (Å²) in [5.41, 5.74) is 0. The first kappa shape index (κ1) is 16.4. The van der Waals surface area contributed by atoms with Crippen molar-refractivity contribution in [3.8, 4) is 0 Å². The van der Waals surface area contributed by atoms with E-state index in [4.69, 9.17) is 0 Å². The van der Waals surface area contributed by atoms with E-state index < -0.39 is 10.8 Å². The van der Waals surface area contributed by atoms with E-state index in [1.165, 1.54) is 38.5 Å². The van der Waals surface area contributed by atoms with Gasteiger partial charge in [-0.1, -0.05) is 13.3 Å². The molecule has 2 aliphatic heterocycles. The molecule has 2 aliphatic rings. The Morgan fingerprint density at radius 3 is 2.50 bits per heavy atom. The lowest BCUT2D eigenvalue weighted by Crippen LogP contribution is -2.59. The monoisotopic (exact) mass is 300 g/mol. The quantitative estimate of drug-likeness (QED) is 0.784. The fourth-order valence-corrected chi connectivity index (χ4v) is 4.81. The van der Waals surface area contributed by atoms with Gasteiger partial charge in [0.2, 0.25) is 0 Å². The van der Waals surface area contributed by atoms with Gasteiger partial charge >= 0.3 is 0 Å². The van der Waals surface area contributed by atoms with Gasteiger partial charge in [-0.15, -0.1) is 0 Å². The smallest absolute Gasteiger partial charge is 0.0246 e. The van der Waals surface area contributed by atoms with Crippen LogP contribution in [0.1, 0.15) is 58.8 Å². The summed E-state index contributed by atoms with van der Waals surface area (Å²) >= 11 is 0. The number of nitrogens with zero attached hydrogens (tertiary/aromatic N) is 1. The van der Waals surface area contributed by atoms with Crippen LogP contribution in [0, 0.1) is 0 Å². The van der Waals surface area contributed by atoms with Gasteiger partial charge in [-0.25, -0.2) is 0 Å². The van der Waals surface area contributed by atoms with Crippen LogP contribution in [0.3, 0.4) is 0 Å². The lowest BCUT2D eigenvalue weighted by molar-refractivity contribution is -0.00600. The molecule has 0 aliphatic carbocycles. The molecule has 0 aromatic heterocycles. The van der Waals surface area contributed by atoms with Gasteiger partial charge in [0.05, 0.1) is 0 Å². The van der Waals surface area contributed by atoms with Crippen molar-refractivity contribution in [3.63, 3.8) is 0 Å². The molecular formula is C16H32N2OS. The fourth-order valence-electron chi connectivity index (χ4n) is 4.14. The van der Waals surface area contributed by atoms with Crippen molar-refractivity contribution < 1.29 is 4.21 Å². The first-order chi connectivity index (χ1) is 9.61. The van der Waals surface area contributed by atoms with E-state index in [1.807, 2.05) is 6.26 Å². The number of rotatable bonds is 7. The van der Waals surface area contributed by atoms with Gasteiger partial charge < -0.3 is 5.32 Å². The van der Waals surface area contributed by atoms with Crippen molar-refractivity contribution in [2.45, 2.75) is 83.0 Å². The van der Waals surface area contributed by atoms with Crippen molar-refractivity contribution >= 4 is 10.8 Å². The predicted octanol–water partition coefficient (Wildman–Crippen LogP) is 2.53. The minimum Gasteiger partial charge on any atom is -0.314 e. The number of piperidine rings is 2. The average Bonchev–Trinajstić information content (AvgIpc) is 2.41. The van der Waals surface area contributed by atoms with Crippen LogP contribution in [0.25, 0.3) is 0 Å². The molecule has 2 fully saturated rings. The Kier molecular flexibility index (Phi) is 6.50. The molecule has 0 spiro atoms. The van der Waals surface area contributed by atoms with Crippen molar-refractivity contribution in [2.24, 2.45) is 0 Å². The maximum Gasteiger partial charge on any atom is 0.0246 e. The van der Waals surface area contributed by atoms with Gasteiger partial charge in [0.1, 0.15) is 0 Å². The maximum atomic E-state index is 11.3. The Morgan fingerprint density at radius 2 is 1.95 bits per heavy atom. The van der Waals surface area contributed by atoms with E-state index in [0.29, 0.717) is 6.04 Å². The van der Waals surface area contributed by atoms with Crippen LogP contribution < -0.4 is 5.32 Å². The topological polar surface area (TPSA) is 32.3 Å². The molecule has 2 rings (SSSR count). The number of nitrogens with one attached hydrogen (secondary N) is 1. The minimum atomic E-state index is -0.647. The molecule has 0 radical (unpaired) electrons. The van der Waals surface area contributed by atoms with Crippen LogP contribution in [0.4, 0.5) is 0 Å². The summed E-state index contributed by atoms with van der Waals surface area (Å²) in [6, 6.07) is 2.85. The molecule has 0 aromatic carbocycles. The molecule has 0 amide bonds. The summed E-state index contributed by atoms with van der Waals surface area (Å²) in [5.74, 6) is 0.856. The fraction of sp³-hybridized carbons (Fsp3) is 1.00. The van der Waals surface area contributed by atoms with Crippen molar-refractivity contribution in [1.82, 2.24) is 10.2 Å². The summed E-state index contributed by atoms with van der Waals surface area (Å²) in [4.78, 5) is 2.78. The Balaban J connectivity index is 1.92. The predicted molar refractivity (Wildman–Crippen MR) is 87.6 cm³/mol. The van der Waals surface area contributed by atoms with Crippen molar-refractivity contribution in [3.05, 3.63) is 0 Å². The molecule has 0 aromatic rings. The summed E-state index contributed by atoms with van der Waals surface area (Å²) in [7, 11) is -0.647. The van der Waals surface area contributed by atoms with Crippen LogP contribution in [0.2, 0.25) is 0 Å². The van der Waals surface area contributed by atoms with E-state index in [0.717, 1.165) is 36.8 Å². The van der Waals surface area contributed by atoms with Crippen LogP contribution in [0.15, 0.2) is 0 Å². The van der Waals surface area contributed by atoms with Crippen LogP contribution >= 0.6 is 0 Å². The standard InChI is InChI=1S/C16H32N2OS/c1-4-9-17-14-11-15-6-5-7-16(12-14)18(15)13(2)8-10-20(3)19/h13-17H,4-12H2,1-3H3. The Labute approximate surface area is 127 Å². The highest BCUT2D eigenvalue weighted by molar-refractivity contribution is 7.84. The molecule has 2 bridgehead atoms. The van der Waals surface area contributed by atoms with Gasteiger partial charge in [-0.2, -0.15) is 0 Å². The molecule has 4 atom stereocenters. The Bertz CT molecular complexity index is 310. The number of fused-ring (bicyclic) bond motifs is 2. The summed E-state index contributed by atoms with van der Waals surface area (Å²) < 4.78 is 11.3. The lowest BCUT2D eigenvalue weighted by atomic mass is 9.80. The lowest BCUT2D eigenvalue weighted by Gasteiger charge is -2.52. The number of hydrogen-bond acceptors (Lipinski definition) is 3. The van der Waals surface area contributed by atoms with E-state index in [1.54, 1.807) is 0 Å². The third kappa shape index (κ3) is 4.28. The molecule has 2 saturated heterocycles. The average molecular weight is 301 g/mol. The van der Waals surface area contributed by atoms with Crippen LogP contribution in [-0.4, -0.2) is 51.8 Å². The molecule has 3 nitrogen and oxygen atoms in total. The molecule has 2 heterocycles. The zero-order valence-electron chi connectivity index (χ0n) is 13.4. The summed E-state index contributed by atoms with van der Waals surface area (Å²) in [6.07, 6.45) is 10.9. The first-order valence-electron chi connectivity index (χ1n) is 8.42. The van der Waals surface area contributed by atoms with Crippen molar-refractivity contribution in [1.29, 1.82) is 0 Å². The van der Waals surface area contributed by atoms with Crippen molar-refractivity contribution in [2.75, 3.05) is 18.6 Å². The Morgan fingerprint density at radius 1 is 1.30 bits per heavy atom. The largest absolute Gasteiger partial charge is 0.314 e. The maximum absolute atomic E-state index is 11.3. The Hall–Kier alpha value is 0.0700. The zero-order chi connectivity index (χ0) is 14.5. The van der Waals surface area contributed by atoms with Crippen LogP contribution in [0.5, 0.6) is 0 Å². The minimum absolute atomic E-state index is 0.598. The van der Waals surface area contributed by atoms with Gasteiger partial charge in [-0.05, 0) is 52.0 Å². The third-order valence-electron chi connectivity index (χ3n) is 5.05.